The molecule has 0 heterocycles. The topological polar surface area (TPSA) is 46.5 Å². The van der Waals surface area contributed by atoms with Crippen molar-refractivity contribution in [2.45, 2.75) is 12.8 Å². The Morgan fingerprint density at radius 2 is 2.29 bits per heavy atom. The number of rotatable bonds is 4. The van der Waals surface area contributed by atoms with Crippen molar-refractivity contribution < 1.29 is 14.6 Å². The van der Waals surface area contributed by atoms with E-state index in [2.05, 4.69) is 24.5 Å². The van der Waals surface area contributed by atoms with Gasteiger partial charge in [-0.05, 0) is 17.7 Å². The Bertz CT molecular complexity index is 457. The van der Waals surface area contributed by atoms with Crippen LogP contribution in [0.5, 0.6) is 5.75 Å². The molecule has 4 heteroatoms. The molecule has 1 N–H and O–H groups in total. The third-order valence-electron chi connectivity index (χ3n) is 2.12. The molecule has 1 rings (SSSR count). The van der Waals surface area contributed by atoms with Crippen molar-refractivity contribution in [1.82, 2.24) is 0 Å². The van der Waals surface area contributed by atoms with Gasteiger partial charge in [0.2, 0.25) is 0 Å². The molecule has 0 aliphatic heterocycles. The van der Waals surface area contributed by atoms with Crippen LogP contribution in [0, 0.1) is 11.8 Å². The van der Waals surface area contributed by atoms with Gasteiger partial charge >= 0.3 is 5.97 Å². The molecule has 0 radical (unpaired) electrons. The van der Waals surface area contributed by atoms with Gasteiger partial charge in [-0.3, -0.25) is 4.79 Å². The smallest absolute Gasteiger partial charge is 0.307 e. The largest absolute Gasteiger partial charge is 0.497 e. The molecule has 1 aromatic rings. The summed E-state index contributed by atoms with van der Waals surface area (Å²) in [5.74, 6) is 6.39. The summed E-state index contributed by atoms with van der Waals surface area (Å²) < 4.78 is 5.09. The number of benzene rings is 1. The normalized spacial score (nSPS) is 9.29. The predicted octanol–water partition coefficient (Wildman–Crippen LogP) is 1.99. The summed E-state index contributed by atoms with van der Waals surface area (Å²) in [4.78, 5) is 10.7. The Kier molecular flexibility index (Phi) is 5.44. The van der Waals surface area contributed by atoms with E-state index in [-0.39, 0.29) is 6.42 Å². The molecule has 0 atom stereocenters. The van der Waals surface area contributed by atoms with Crippen molar-refractivity contribution >= 4 is 18.6 Å². The molecule has 0 spiro atoms. The number of carboxylic acids is 1. The molecule has 17 heavy (non-hydrogen) atoms. The van der Waals surface area contributed by atoms with E-state index in [0.717, 1.165) is 0 Å². The molecular weight excluding hydrogens is 236 g/mol. The van der Waals surface area contributed by atoms with Crippen LogP contribution in [0.25, 0.3) is 0 Å². The first-order valence-corrected chi connectivity index (χ1v) is 5.79. The van der Waals surface area contributed by atoms with Crippen LogP contribution in [0.2, 0.25) is 0 Å². The van der Waals surface area contributed by atoms with Gasteiger partial charge in [0, 0.05) is 17.7 Å². The van der Waals surface area contributed by atoms with Gasteiger partial charge in [-0.25, -0.2) is 0 Å². The van der Waals surface area contributed by atoms with E-state index in [1.807, 2.05) is 0 Å². The maximum Gasteiger partial charge on any atom is 0.307 e. The lowest BCUT2D eigenvalue weighted by molar-refractivity contribution is -0.136. The van der Waals surface area contributed by atoms with Crippen LogP contribution >= 0.6 is 12.6 Å². The minimum Gasteiger partial charge on any atom is -0.497 e. The summed E-state index contributed by atoms with van der Waals surface area (Å²) in [6.07, 6.45) is 0.641. The number of hydrogen-bond acceptors (Lipinski definition) is 3. The van der Waals surface area contributed by atoms with Crippen molar-refractivity contribution in [2.24, 2.45) is 0 Å². The third kappa shape index (κ3) is 4.41. The molecule has 0 aliphatic carbocycles. The quantitative estimate of drug-likeness (QED) is 0.634. The fourth-order valence-corrected chi connectivity index (χ4v) is 1.44. The van der Waals surface area contributed by atoms with E-state index in [9.17, 15) is 4.79 Å². The molecule has 0 fully saturated rings. The van der Waals surface area contributed by atoms with E-state index in [4.69, 9.17) is 9.84 Å². The molecule has 0 saturated carbocycles. The molecule has 0 bridgehead atoms. The lowest BCUT2D eigenvalue weighted by Gasteiger charge is -2.05. The Morgan fingerprint density at radius 1 is 1.53 bits per heavy atom. The molecule has 0 aromatic heterocycles. The number of ether oxygens (including phenoxy) is 1. The fraction of sp³-hybridized carbons (Fsp3) is 0.308. The Balaban J connectivity index is 3.03. The van der Waals surface area contributed by atoms with E-state index in [1.165, 1.54) is 0 Å². The monoisotopic (exact) mass is 250 g/mol. The Hall–Kier alpha value is -1.60. The first-order chi connectivity index (χ1) is 8.17. The van der Waals surface area contributed by atoms with E-state index in [1.54, 1.807) is 25.3 Å². The van der Waals surface area contributed by atoms with Crippen molar-refractivity contribution in [1.29, 1.82) is 0 Å². The Labute approximate surface area is 106 Å². The van der Waals surface area contributed by atoms with E-state index in [0.29, 0.717) is 29.1 Å². The second kappa shape index (κ2) is 6.87. The minimum absolute atomic E-state index is 0.0329. The lowest BCUT2D eigenvalue weighted by atomic mass is 10.0. The second-order valence-corrected chi connectivity index (χ2v) is 3.82. The van der Waals surface area contributed by atoms with Gasteiger partial charge in [-0.1, -0.05) is 17.9 Å². The molecule has 3 nitrogen and oxygen atoms in total. The van der Waals surface area contributed by atoms with Crippen LogP contribution in [-0.2, 0) is 11.2 Å². The average molecular weight is 250 g/mol. The third-order valence-corrected chi connectivity index (χ3v) is 2.34. The minimum atomic E-state index is -0.868. The summed E-state index contributed by atoms with van der Waals surface area (Å²) >= 11 is 4.07. The summed E-state index contributed by atoms with van der Waals surface area (Å²) in [6, 6.07) is 5.23. The van der Waals surface area contributed by atoms with Crippen LogP contribution in [-0.4, -0.2) is 23.9 Å². The van der Waals surface area contributed by atoms with Crippen molar-refractivity contribution in [3.63, 3.8) is 0 Å². The maximum atomic E-state index is 10.7. The summed E-state index contributed by atoms with van der Waals surface area (Å²) in [6.45, 7) is 0. The zero-order valence-corrected chi connectivity index (χ0v) is 10.5. The molecule has 0 saturated heterocycles. The molecule has 1 aromatic carbocycles. The highest BCUT2D eigenvalue weighted by atomic mass is 32.1. The highest BCUT2D eigenvalue weighted by Gasteiger charge is 2.06. The van der Waals surface area contributed by atoms with Crippen molar-refractivity contribution in [3.8, 4) is 17.6 Å². The van der Waals surface area contributed by atoms with Crippen LogP contribution in [0.3, 0.4) is 0 Å². The van der Waals surface area contributed by atoms with Crippen LogP contribution in [0.15, 0.2) is 18.2 Å². The standard InChI is InChI=1S/C13H14O3S/c1-16-12-6-5-11(9-13(14)15)10(8-12)4-2-3-7-17/h5-6,8,17H,3,7,9H2,1H3,(H,14,15). The van der Waals surface area contributed by atoms with Crippen LogP contribution in [0.4, 0.5) is 0 Å². The number of aliphatic carboxylic acids is 1. The predicted molar refractivity (Wildman–Crippen MR) is 69.7 cm³/mol. The van der Waals surface area contributed by atoms with Crippen LogP contribution < -0.4 is 4.74 Å². The zero-order valence-electron chi connectivity index (χ0n) is 9.56. The molecule has 0 unspecified atom stereocenters. The molecule has 0 aliphatic rings. The second-order valence-electron chi connectivity index (χ2n) is 3.37. The van der Waals surface area contributed by atoms with Crippen molar-refractivity contribution in [2.75, 3.05) is 12.9 Å². The van der Waals surface area contributed by atoms with Gasteiger partial charge in [0.15, 0.2) is 0 Å². The first kappa shape index (κ1) is 13.5. The number of thiol groups is 1. The Morgan fingerprint density at radius 3 is 2.88 bits per heavy atom. The molecule has 90 valence electrons. The number of carbonyl (C=O) groups is 1. The number of carboxylic acid groups (broad SMARTS) is 1. The molecular formula is C13H14O3S. The van der Waals surface area contributed by atoms with Gasteiger partial charge < -0.3 is 9.84 Å². The lowest BCUT2D eigenvalue weighted by Crippen LogP contribution is -2.02. The van der Waals surface area contributed by atoms with Crippen LogP contribution in [0.1, 0.15) is 17.5 Å². The van der Waals surface area contributed by atoms with Gasteiger partial charge in [0.25, 0.3) is 0 Å². The number of hydrogen-bond donors (Lipinski definition) is 2. The zero-order chi connectivity index (χ0) is 12.7. The fourth-order valence-electron chi connectivity index (χ4n) is 1.33. The first-order valence-electron chi connectivity index (χ1n) is 5.16. The van der Waals surface area contributed by atoms with Gasteiger partial charge in [-0.15, -0.1) is 0 Å². The van der Waals surface area contributed by atoms with Gasteiger partial charge in [0.1, 0.15) is 5.75 Å². The highest BCUT2D eigenvalue weighted by molar-refractivity contribution is 7.80. The number of methoxy groups -OCH3 is 1. The summed E-state index contributed by atoms with van der Waals surface area (Å²) in [5, 5.41) is 8.80. The maximum absolute atomic E-state index is 10.7. The summed E-state index contributed by atoms with van der Waals surface area (Å²) in [7, 11) is 1.57. The van der Waals surface area contributed by atoms with Gasteiger partial charge in [-0.2, -0.15) is 12.6 Å². The molecule has 0 amide bonds. The van der Waals surface area contributed by atoms with Crippen molar-refractivity contribution in [3.05, 3.63) is 29.3 Å². The average Bonchev–Trinajstić information content (AvgIpc) is 2.30. The highest BCUT2D eigenvalue weighted by Crippen LogP contribution is 2.17. The SMILES string of the molecule is COc1ccc(CC(=O)O)c(C#CCCS)c1. The van der Waals surface area contributed by atoms with E-state index < -0.39 is 5.97 Å². The summed E-state index contributed by atoms with van der Waals surface area (Å²) in [5.41, 5.74) is 1.40. The van der Waals surface area contributed by atoms with Gasteiger partial charge in [0.05, 0.1) is 13.5 Å². The van der Waals surface area contributed by atoms with E-state index >= 15 is 0 Å².